The van der Waals surface area contributed by atoms with Crippen molar-refractivity contribution < 1.29 is 33.5 Å². The summed E-state index contributed by atoms with van der Waals surface area (Å²) in [7, 11) is 3.19. The summed E-state index contributed by atoms with van der Waals surface area (Å²) in [4.78, 5) is 0. The van der Waals surface area contributed by atoms with E-state index in [9.17, 15) is 5.11 Å². The van der Waals surface area contributed by atoms with Crippen LogP contribution >= 0.6 is 0 Å². The minimum Gasteiger partial charge on any atom is -0.387 e. The first kappa shape index (κ1) is 32.6. The van der Waals surface area contributed by atoms with E-state index >= 15 is 0 Å². The van der Waals surface area contributed by atoms with Gasteiger partial charge in [0.1, 0.15) is 12.2 Å². The van der Waals surface area contributed by atoms with Crippen molar-refractivity contribution in [3.05, 3.63) is 61.2 Å². The van der Waals surface area contributed by atoms with Crippen molar-refractivity contribution in [3.63, 3.8) is 0 Å². The molecule has 216 valence electrons. The van der Waals surface area contributed by atoms with Crippen LogP contribution in [0.3, 0.4) is 0 Å². The van der Waals surface area contributed by atoms with Crippen LogP contribution in [-0.4, -0.2) is 68.5 Å². The van der Waals surface area contributed by atoms with Gasteiger partial charge in [0.15, 0.2) is 12.6 Å². The number of benzene rings is 1. The van der Waals surface area contributed by atoms with Crippen molar-refractivity contribution in [1.29, 1.82) is 0 Å². The molecule has 3 saturated heterocycles. The summed E-state index contributed by atoms with van der Waals surface area (Å²) >= 11 is 0. The molecule has 1 aromatic carbocycles. The SMILES string of the molecule is C1CCOC1.C=C[C@]1(CC)OC(OC)[C@H](O)[C@@H]1C.C=C[C@]1(CC)OC(OC)[C@H](OCc2ccccc2)[C@@H]1C. The summed E-state index contributed by atoms with van der Waals surface area (Å²) < 4.78 is 33.2. The molecule has 0 aromatic heterocycles. The highest BCUT2D eigenvalue weighted by molar-refractivity contribution is 5.14. The van der Waals surface area contributed by atoms with Crippen LogP contribution in [0.2, 0.25) is 0 Å². The van der Waals surface area contributed by atoms with Crippen LogP contribution in [0.5, 0.6) is 0 Å². The third-order valence-corrected chi connectivity index (χ3v) is 8.14. The Balaban J connectivity index is 0.000000239. The van der Waals surface area contributed by atoms with Crippen LogP contribution in [0.4, 0.5) is 0 Å². The summed E-state index contributed by atoms with van der Waals surface area (Å²) in [5.74, 6) is 0.235. The fourth-order valence-electron chi connectivity index (χ4n) is 5.26. The molecular weight excluding hydrogens is 484 g/mol. The predicted molar refractivity (Wildman–Crippen MR) is 150 cm³/mol. The standard InChI is InChI=1S/C17H24O3.C10H18O3.C4H8O/c1-5-17(6-2)13(3)15(16(18-4)20-17)19-12-14-10-8-7-9-11-14;1-5-10(6-2)7(3)8(11)9(12-4)13-10;1-2-4-5-3-1/h5,7-11,13,15-16H,1,6,12H2,2-4H3;5,7-9,11H,1,6H2,2-4H3;1-4H2/t13-,15+,16?,17+;7-,8+,9?,10+;/m00./s1. The van der Waals surface area contributed by atoms with E-state index in [2.05, 4.69) is 39.1 Å². The highest BCUT2D eigenvalue weighted by Crippen LogP contribution is 2.42. The van der Waals surface area contributed by atoms with Gasteiger partial charge in [-0.1, -0.05) is 70.2 Å². The van der Waals surface area contributed by atoms with E-state index in [0.717, 1.165) is 31.6 Å². The molecular formula is C31H50O7. The van der Waals surface area contributed by atoms with Crippen molar-refractivity contribution in [2.45, 2.75) is 96.0 Å². The summed E-state index contributed by atoms with van der Waals surface area (Å²) in [6.45, 7) is 18.4. The smallest absolute Gasteiger partial charge is 0.184 e. The number of hydrogen-bond acceptors (Lipinski definition) is 7. The van der Waals surface area contributed by atoms with E-state index in [1.807, 2.05) is 38.1 Å². The van der Waals surface area contributed by atoms with Gasteiger partial charge in [0, 0.05) is 39.3 Å². The van der Waals surface area contributed by atoms with E-state index in [4.69, 9.17) is 28.4 Å². The Kier molecular flexibility index (Phi) is 13.6. The first-order valence-corrected chi connectivity index (χ1v) is 13.9. The van der Waals surface area contributed by atoms with E-state index < -0.39 is 18.0 Å². The normalized spacial score (nSPS) is 36.1. The second-order valence-corrected chi connectivity index (χ2v) is 10.1. The molecule has 7 nitrogen and oxygen atoms in total. The lowest BCUT2D eigenvalue weighted by Gasteiger charge is -2.28. The Bertz CT molecular complexity index is 806. The van der Waals surface area contributed by atoms with Crippen molar-refractivity contribution in [1.82, 2.24) is 0 Å². The van der Waals surface area contributed by atoms with Gasteiger partial charge in [-0.15, -0.1) is 13.2 Å². The van der Waals surface area contributed by atoms with Crippen molar-refractivity contribution >= 4 is 0 Å². The summed E-state index contributed by atoms with van der Waals surface area (Å²) in [5.41, 5.74) is 0.365. The van der Waals surface area contributed by atoms with Gasteiger partial charge in [-0.25, -0.2) is 0 Å². The largest absolute Gasteiger partial charge is 0.387 e. The third kappa shape index (κ3) is 7.75. The molecule has 8 atom stereocenters. The number of ether oxygens (including phenoxy) is 6. The highest BCUT2D eigenvalue weighted by Gasteiger charge is 2.51. The number of aliphatic hydroxyl groups is 1. The van der Waals surface area contributed by atoms with Crippen molar-refractivity contribution in [3.8, 4) is 0 Å². The Morgan fingerprint density at radius 3 is 1.82 bits per heavy atom. The molecule has 1 aromatic rings. The van der Waals surface area contributed by atoms with Crippen LogP contribution in [0.15, 0.2) is 55.6 Å². The molecule has 0 radical (unpaired) electrons. The Labute approximate surface area is 230 Å². The molecule has 7 heteroatoms. The quantitative estimate of drug-likeness (QED) is 0.410. The second kappa shape index (κ2) is 15.9. The second-order valence-electron chi connectivity index (χ2n) is 10.1. The number of methoxy groups -OCH3 is 2. The molecule has 0 bridgehead atoms. The minimum atomic E-state index is -0.567. The van der Waals surface area contributed by atoms with Gasteiger partial charge < -0.3 is 33.5 Å². The average molecular weight is 535 g/mol. The van der Waals surface area contributed by atoms with Crippen LogP contribution in [0.25, 0.3) is 0 Å². The summed E-state index contributed by atoms with van der Waals surface area (Å²) in [6.07, 6.45) is 6.35. The molecule has 3 fully saturated rings. The zero-order valence-electron chi connectivity index (χ0n) is 24.3. The fourth-order valence-corrected chi connectivity index (χ4v) is 5.26. The average Bonchev–Trinajstić information content (AvgIpc) is 3.69. The van der Waals surface area contributed by atoms with E-state index in [-0.39, 0.29) is 29.8 Å². The predicted octanol–water partition coefficient (Wildman–Crippen LogP) is 5.66. The van der Waals surface area contributed by atoms with Gasteiger partial charge >= 0.3 is 0 Å². The maximum atomic E-state index is 9.76. The molecule has 38 heavy (non-hydrogen) atoms. The van der Waals surface area contributed by atoms with Gasteiger partial charge in [-0.05, 0) is 31.2 Å². The molecule has 3 heterocycles. The lowest BCUT2D eigenvalue weighted by atomic mass is 9.85. The van der Waals surface area contributed by atoms with Gasteiger partial charge in [0.25, 0.3) is 0 Å². The van der Waals surface area contributed by atoms with Gasteiger partial charge in [-0.2, -0.15) is 0 Å². The summed E-state index contributed by atoms with van der Waals surface area (Å²) in [6, 6.07) is 10.1. The molecule has 0 spiro atoms. The van der Waals surface area contributed by atoms with E-state index in [1.165, 1.54) is 20.0 Å². The van der Waals surface area contributed by atoms with Crippen LogP contribution < -0.4 is 0 Å². The van der Waals surface area contributed by atoms with E-state index in [1.54, 1.807) is 13.2 Å². The van der Waals surface area contributed by atoms with Crippen LogP contribution in [-0.2, 0) is 35.0 Å². The zero-order valence-corrected chi connectivity index (χ0v) is 24.3. The van der Waals surface area contributed by atoms with Crippen molar-refractivity contribution in [2.24, 2.45) is 11.8 Å². The van der Waals surface area contributed by atoms with Crippen molar-refractivity contribution in [2.75, 3.05) is 27.4 Å². The number of rotatable bonds is 9. The maximum Gasteiger partial charge on any atom is 0.184 e. The summed E-state index contributed by atoms with van der Waals surface area (Å²) in [5, 5.41) is 9.76. The number of aliphatic hydroxyl groups excluding tert-OH is 1. The Hall–Kier alpha value is -1.58. The molecule has 0 amide bonds. The van der Waals surface area contributed by atoms with Gasteiger partial charge in [-0.3, -0.25) is 0 Å². The molecule has 2 unspecified atom stereocenters. The minimum absolute atomic E-state index is 0.0277. The zero-order chi connectivity index (χ0) is 28.2. The molecule has 0 saturated carbocycles. The van der Waals surface area contributed by atoms with Gasteiger partial charge in [0.05, 0.1) is 17.8 Å². The molecule has 3 aliphatic rings. The molecule has 1 N–H and O–H groups in total. The Morgan fingerprint density at radius 2 is 1.42 bits per heavy atom. The lowest BCUT2D eigenvalue weighted by Crippen LogP contribution is -2.34. The molecule has 0 aliphatic carbocycles. The highest BCUT2D eigenvalue weighted by atomic mass is 16.7. The third-order valence-electron chi connectivity index (χ3n) is 8.14. The topological polar surface area (TPSA) is 75.6 Å². The molecule has 4 rings (SSSR count). The van der Waals surface area contributed by atoms with Crippen LogP contribution in [0, 0.1) is 11.8 Å². The van der Waals surface area contributed by atoms with E-state index in [0.29, 0.717) is 6.61 Å². The fraction of sp³-hybridized carbons (Fsp3) is 0.677. The van der Waals surface area contributed by atoms with Crippen LogP contribution in [0.1, 0.15) is 58.9 Å². The lowest BCUT2D eigenvalue weighted by molar-refractivity contribution is -0.176. The molecule has 3 aliphatic heterocycles. The first-order valence-electron chi connectivity index (χ1n) is 13.9. The number of hydrogen-bond donors (Lipinski definition) is 1. The maximum absolute atomic E-state index is 9.76. The monoisotopic (exact) mass is 534 g/mol. The van der Waals surface area contributed by atoms with Gasteiger partial charge in [0.2, 0.25) is 0 Å². The first-order chi connectivity index (χ1) is 18.3. The Morgan fingerprint density at radius 1 is 0.895 bits per heavy atom.